The maximum atomic E-state index is 15.0. The third kappa shape index (κ3) is 3.95. The van der Waals surface area contributed by atoms with Gasteiger partial charge in [0.15, 0.2) is 6.29 Å². The number of hydrogen-bond acceptors (Lipinski definition) is 7. The highest BCUT2D eigenvalue weighted by Gasteiger charge is 2.52. The fraction of sp³-hybridized carbons (Fsp3) is 0.583. The van der Waals surface area contributed by atoms with Crippen LogP contribution >= 0.6 is 0 Å². The van der Waals surface area contributed by atoms with E-state index in [9.17, 15) is 9.50 Å². The molecule has 0 spiro atoms. The fourth-order valence-electron chi connectivity index (χ4n) is 4.90. The highest BCUT2D eigenvalue weighted by Crippen LogP contribution is 2.49. The molecule has 2 heterocycles. The van der Waals surface area contributed by atoms with Gasteiger partial charge >= 0.3 is 7.12 Å². The molecule has 4 atom stereocenters. The minimum Gasteiger partial charge on any atom is -0.399 e. The molecule has 0 radical (unpaired) electrons. The lowest BCUT2D eigenvalue weighted by atomic mass is 9.75. The number of hydrogen-bond donors (Lipinski definition) is 2. The molecule has 0 amide bonds. The van der Waals surface area contributed by atoms with E-state index >= 15 is 0 Å². The second kappa shape index (κ2) is 8.01. The number of ether oxygens (including phenoxy) is 1. The molecule has 2 N–H and O–H groups in total. The highest BCUT2D eigenvalue weighted by molar-refractivity contribution is 6.62. The summed E-state index contributed by atoms with van der Waals surface area (Å²) in [4.78, 5) is 9.01. The van der Waals surface area contributed by atoms with Crippen molar-refractivity contribution >= 4 is 18.4 Å². The molecule has 2 fully saturated rings. The third-order valence-corrected chi connectivity index (χ3v) is 7.70. The van der Waals surface area contributed by atoms with Crippen molar-refractivity contribution in [2.24, 2.45) is 5.92 Å². The van der Waals surface area contributed by atoms with Crippen molar-refractivity contribution < 1.29 is 23.5 Å². The summed E-state index contributed by atoms with van der Waals surface area (Å²) >= 11 is 0. The molecule has 1 saturated carbocycles. The molecule has 9 heteroatoms. The average molecular weight is 455 g/mol. The molecule has 176 valence electrons. The first-order valence-electron chi connectivity index (χ1n) is 11.6. The van der Waals surface area contributed by atoms with Crippen molar-refractivity contribution in [3.05, 3.63) is 47.2 Å². The summed E-state index contributed by atoms with van der Waals surface area (Å²) in [6, 6.07) is 3.09. The van der Waals surface area contributed by atoms with Crippen molar-refractivity contribution in [1.29, 1.82) is 0 Å². The standard InChI is InChI=1S/C24H31BFN3O4/c1-23(2)24(3,4)33-25(32-23)16-7-8-17(26)21-13(16)6-9-18(21)29-20-12-27-19(11-28-20)14-10-15(14)22(30)31-5/h7-8,11-12,14-15,18,22,30H,6,9-10H2,1-5H3,(H,28,29)/t14-,15-,18+,22?/m0/s1. The number of aliphatic hydroxyl groups is 1. The zero-order chi connectivity index (χ0) is 23.5. The van der Waals surface area contributed by atoms with E-state index in [2.05, 4.69) is 15.3 Å². The van der Waals surface area contributed by atoms with Crippen LogP contribution in [-0.2, 0) is 20.5 Å². The number of methoxy groups -OCH3 is 1. The number of aliphatic hydroxyl groups excluding tert-OH is 1. The lowest BCUT2D eigenvalue weighted by Gasteiger charge is -2.32. The smallest absolute Gasteiger partial charge is 0.399 e. The van der Waals surface area contributed by atoms with Crippen molar-refractivity contribution in [2.45, 2.75) is 76.4 Å². The summed E-state index contributed by atoms with van der Waals surface area (Å²) in [5.74, 6) is 0.585. The summed E-state index contributed by atoms with van der Waals surface area (Å²) in [6.07, 6.45) is 4.94. The lowest BCUT2D eigenvalue weighted by molar-refractivity contribution is -0.0896. The second-order valence-corrected chi connectivity index (χ2v) is 10.3. The first-order chi connectivity index (χ1) is 15.6. The Balaban J connectivity index is 1.33. The van der Waals surface area contributed by atoms with Crippen LogP contribution in [0.5, 0.6) is 0 Å². The summed E-state index contributed by atoms with van der Waals surface area (Å²) in [6.45, 7) is 8.07. The van der Waals surface area contributed by atoms with Crippen LogP contribution in [0.25, 0.3) is 0 Å². The van der Waals surface area contributed by atoms with Gasteiger partial charge in [-0.3, -0.25) is 4.98 Å². The molecule has 5 rings (SSSR count). The van der Waals surface area contributed by atoms with E-state index < -0.39 is 24.6 Å². The molecule has 1 aromatic heterocycles. The zero-order valence-electron chi connectivity index (χ0n) is 19.8. The molecule has 0 bridgehead atoms. The Labute approximate surface area is 194 Å². The fourth-order valence-corrected chi connectivity index (χ4v) is 4.90. The predicted octanol–water partition coefficient (Wildman–Crippen LogP) is 3.08. The number of nitrogens with one attached hydrogen (secondary N) is 1. The quantitative estimate of drug-likeness (QED) is 0.512. The number of anilines is 1. The van der Waals surface area contributed by atoms with Gasteiger partial charge in [0.2, 0.25) is 0 Å². The highest BCUT2D eigenvalue weighted by atomic mass is 19.1. The van der Waals surface area contributed by atoms with Crippen molar-refractivity contribution in [1.82, 2.24) is 9.97 Å². The maximum Gasteiger partial charge on any atom is 0.495 e. The predicted molar refractivity (Wildman–Crippen MR) is 123 cm³/mol. The van der Waals surface area contributed by atoms with Gasteiger partial charge in [-0.2, -0.15) is 0 Å². The third-order valence-electron chi connectivity index (χ3n) is 7.70. The van der Waals surface area contributed by atoms with Gasteiger partial charge < -0.3 is 24.5 Å². The van der Waals surface area contributed by atoms with E-state index in [0.717, 1.165) is 36.0 Å². The van der Waals surface area contributed by atoms with E-state index in [1.54, 1.807) is 18.5 Å². The van der Waals surface area contributed by atoms with Crippen LogP contribution in [0.3, 0.4) is 0 Å². The zero-order valence-corrected chi connectivity index (χ0v) is 19.8. The molecular formula is C24H31BFN3O4. The Morgan fingerprint density at radius 3 is 2.55 bits per heavy atom. The molecule has 2 aromatic rings. The Bertz CT molecular complexity index is 1030. The van der Waals surface area contributed by atoms with Gasteiger partial charge in [0.25, 0.3) is 0 Å². The largest absolute Gasteiger partial charge is 0.495 e. The van der Waals surface area contributed by atoms with Crippen molar-refractivity contribution in [2.75, 3.05) is 12.4 Å². The number of halogens is 1. The Morgan fingerprint density at radius 1 is 1.18 bits per heavy atom. The minimum absolute atomic E-state index is 0.0623. The molecule has 3 aliphatic rings. The molecule has 7 nitrogen and oxygen atoms in total. The number of nitrogens with zero attached hydrogens (tertiary/aromatic N) is 2. The SMILES string of the molecule is COC(O)[C@H]1C[C@@H]1c1cnc(N[C@@H]2CCc3c(B4OC(C)(C)C(C)(C)O4)ccc(F)c32)cn1. The van der Waals surface area contributed by atoms with Crippen LogP contribution in [0.15, 0.2) is 24.5 Å². The van der Waals surface area contributed by atoms with Gasteiger partial charge in [0.05, 0.1) is 35.3 Å². The van der Waals surface area contributed by atoms with E-state index in [1.807, 2.05) is 27.7 Å². The van der Waals surface area contributed by atoms with Crippen LogP contribution in [-0.4, -0.2) is 46.8 Å². The van der Waals surface area contributed by atoms with Crippen molar-refractivity contribution in [3.8, 4) is 0 Å². The molecule has 1 unspecified atom stereocenters. The normalized spacial score (nSPS) is 28.0. The molecule has 1 aromatic carbocycles. The van der Waals surface area contributed by atoms with Gasteiger partial charge in [0, 0.05) is 24.5 Å². The first kappa shape index (κ1) is 22.7. The van der Waals surface area contributed by atoms with Gasteiger partial charge in [-0.25, -0.2) is 9.37 Å². The molecule has 1 aliphatic heterocycles. The minimum atomic E-state index is -0.772. The van der Waals surface area contributed by atoms with E-state index in [1.165, 1.54) is 13.2 Å². The summed E-state index contributed by atoms with van der Waals surface area (Å²) in [5, 5.41) is 13.2. The van der Waals surface area contributed by atoms with Crippen LogP contribution in [0, 0.1) is 11.7 Å². The van der Waals surface area contributed by atoms with E-state index in [4.69, 9.17) is 14.0 Å². The topological polar surface area (TPSA) is 85.7 Å². The van der Waals surface area contributed by atoms with E-state index in [0.29, 0.717) is 11.4 Å². The lowest BCUT2D eigenvalue weighted by Crippen LogP contribution is -2.41. The van der Waals surface area contributed by atoms with E-state index in [-0.39, 0.29) is 23.7 Å². The Morgan fingerprint density at radius 2 is 1.91 bits per heavy atom. The Kier molecular flexibility index (Phi) is 5.51. The number of rotatable bonds is 6. The van der Waals surface area contributed by atoms with Crippen LogP contribution in [0.4, 0.5) is 10.2 Å². The van der Waals surface area contributed by atoms with Gasteiger partial charge in [0.1, 0.15) is 11.6 Å². The van der Waals surface area contributed by atoms with Crippen LogP contribution < -0.4 is 10.8 Å². The molecule has 33 heavy (non-hydrogen) atoms. The second-order valence-electron chi connectivity index (χ2n) is 10.3. The molecule has 2 aliphatic carbocycles. The molecular weight excluding hydrogens is 424 g/mol. The maximum absolute atomic E-state index is 15.0. The number of aromatic nitrogens is 2. The molecule has 1 saturated heterocycles. The van der Waals surface area contributed by atoms with Gasteiger partial charge in [-0.05, 0) is 64.1 Å². The monoisotopic (exact) mass is 455 g/mol. The average Bonchev–Trinajstić information content (AvgIpc) is 3.40. The van der Waals surface area contributed by atoms with Gasteiger partial charge in [-0.1, -0.05) is 6.07 Å². The Hall–Kier alpha value is -2.07. The number of benzene rings is 1. The van der Waals surface area contributed by atoms with Crippen LogP contribution in [0.1, 0.15) is 69.3 Å². The summed E-state index contributed by atoms with van der Waals surface area (Å²) < 4.78 is 32.4. The summed E-state index contributed by atoms with van der Waals surface area (Å²) in [5.41, 5.74) is 2.43. The van der Waals surface area contributed by atoms with Crippen molar-refractivity contribution in [3.63, 3.8) is 0 Å². The summed E-state index contributed by atoms with van der Waals surface area (Å²) in [7, 11) is 0.978. The number of fused-ring (bicyclic) bond motifs is 1. The first-order valence-corrected chi connectivity index (χ1v) is 11.6. The van der Waals surface area contributed by atoms with Gasteiger partial charge in [-0.15, -0.1) is 0 Å². The van der Waals surface area contributed by atoms with Crippen LogP contribution in [0.2, 0.25) is 0 Å².